The first kappa shape index (κ1) is 13.8. The number of halogens is 1. The summed E-state index contributed by atoms with van der Waals surface area (Å²) in [6.07, 6.45) is 3.77. The van der Waals surface area contributed by atoms with Crippen LogP contribution in [0.4, 0.5) is 5.69 Å². The van der Waals surface area contributed by atoms with Crippen molar-refractivity contribution in [2.45, 2.75) is 37.5 Å². The van der Waals surface area contributed by atoms with E-state index >= 15 is 0 Å². The normalized spacial score (nSPS) is 22.7. The van der Waals surface area contributed by atoms with Crippen LogP contribution in [0.25, 0.3) is 0 Å². The highest BCUT2D eigenvalue weighted by atomic mass is 79.9. The minimum Gasteiger partial charge on any atom is -0.380 e. The zero-order valence-electron chi connectivity index (χ0n) is 10.4. The molecule has 0 aliphatic heterocycles. The summed E-state index contributed by atoms with van der Waals surface area (Å²) in [6.45, 7) is 2.21. The highest BCUT2D eigenvalue weighted by Gasteiger charge is 2.27. The van der Waals surface area contributed by atoms with Gasteiger partial charge >= 0.3 is 0 Å². The Balaban J connectivity index is 2.14. The number of nitrogens with one attached hydrogen (secondary N) is 1. The molecule has 96 valence electrons. The fourth-order valence-corrected chi connectivity index (χ4v) is 4.12. The summed E-state index contributed by atoms with van der Waals surface area (Å²) in [7, 11) is 0. The van der Waals surface area contributed by atoms with Gasteiger partial charge in [0.15, 0.2) is 0 Å². The molecule has 0 heterocycles. The quantitative estimate of drug-likeness (QED) is 0.891. The van der Waals surface area contributed by atoms with Crippen molar-refractivity contribution in [3.8, 4) is 6.07 Å². The Bertz CT molecular complexity index is 456. The van der Waals surface area contributed by atoms with Gasteiger partial charge in [-0.05, 0) is 46.7 Å². The molecule has 0 bridgehead atoms. The van der Waals surface area contributed by atoms with Gasteiger partial charge in [-0.3, -0.25) is 0 Å². The third-order valence-corrected chi connectivity index (χ3v) is 5.29. The second-order valence-electron chi connectivity index (χ2n) is 4.45. The lowest BCUT2D eigenvalue weighted by molar-refractivity contribution is 0.767. The predicted octanol–water partition coefficient (Wildman–Crippen LogP) is 4.41. The van der Waals surface area contributed by atoms with Gasteiger partial charge in [-0.15, -0.1) is 0 Å². The minimum absolute atomic E-state index is 0.497. The van der Waals surface area contributed by atoms with Crippen LogP contribution >= 0.6 is 27.7 Å². The maximum Gasteiger partial charge on any atom is 0.103 e. The third-order valence-electron chi connectivity index (χ3n) is 3.30. The van der Waals surface area contributed by atoms with Gasteiger partial charge < -0.3 is 5.32 Å². The molecule has 2 unspecified atom stereocenters. The van der Waals surface area contributed by atoms with E-state index in [4.69, 9.17) is 0 Å². The molecule has 4 heteroatoms. The van der Waals surface area contributed by atoms with Gasteiger partial charge in [0.1, 0.15) is 6.07 Å². The van der Waals surface area contributed by atoms with E-state index in [1.165, 1.54) is 19.3 Å². The van der Waals surface area contributed by atoms with Crippen LogP contribution in [0.1, 0.15) is 31.7 Å². The Hall–Kier alpha value is -0.660. The van der Waals surface area contributed by atoms with Crippen molar-refractivity contribution in [2.24, 2.45) is 0 Å². The molecule has 2 rings (SSSR count). The molecule has 0 amide bonds. The highest BCUT2D eigenvalue weighted by molar-refractivity contribution is 9.10. The zero-order valence-corrected chi connectivity index (χ0v) is 12.9. The van der Waals surface area contributed by atoms with E-state index in [0.717, 1.165) is 15.9 Å². The molecule has 0 aromatic heterocycles. The largest absolute Gasteiger partial charge is 0.380 e. The molecule has 0 radical (unpaired) electrons. The van der Waals surface area contributed by atoms with Crippen molar-refractivity contribution in [2.75, 3.05) is 11.1 Å². The first-order chi connectivity index (χ1) is 8.76. The average Bonchev–Trinajstić information content (AvgIpc) is 2.78. The lowest BCUT2D eigenvalue weighted by Crippen LogP contribution is -2.26. The molecule has 1 saturated carbocycles. The van der Waals surface area contributed by atoms with Gasteiger partial charge in [-0.25, -0.2) is 0 Å². The van der Waals surface area contributed by atoms with E-state index in [9.17, 15) is 5.26 Å². The Labute approximate surface area is 121 Å². The first-order valence-corrected chi connectivity index (χ1v) is 8.17. The summed E-state index contributed by atoms with van der Waals surface area (Å²) in [5.74, 6) is 1.16. The molecule has 1 aromatic rings. The molecular weight excluding hydrogens is 308 g/mol. The SMILES string of the molecule is CCSC1CCCC1Nc1cccc(Br)c1C#N. The Morgan fingerprint density at radius 2 is 2.33 bits per heavy atom. The number of nitrogens with zero attached hydrogens (tertiary/aromatic N) is 1. The Morgan fingerprint density at radius 1 is 1.50 bits per heavy atom. The van der Waals surface area contributed by atoms with Gasteiger partial charge in [0, 0.05) is 15.8 Å². The van der Waals surface area contributed by atoms with Crippen molar-refractivity contribution < 1.29 is 0 Å². The van der Waals surface area contributed by atoms with Crippen LogP contribution in [-0.2, 0) is 0 Å². The van der Waals surface area contributed by atoms with Gasteiger partial charge in [0.05, 0.1) is 11.3 Å². The van der Waals surface area contributed by atoms with E-state index in [1.807, 2.05) is 30.0 Å². The fraction of sp³-hybridized carbons (Fsp3) is 0.500. The van der Waals surface area contributed by atoms with Crippen LogP contribution in [0.5, 0.6) is 0 Å². The lowest BCUT2D eigenvalue weighted by atomic mass is 10.1. The number of hydrogen-bond donors (Lipinski definition) is 1. The van der Waals surface area contributed by atoms with Crippen molar-refractivity contribution in [3.05, 3.63) is 28.2 Å². The van der Waals surface area contributed by atoms with Crippen LogP contribution in [0.3, 0.4) is 0 Å². The van der Waals surface area contributed by atoms with Gasteiger partial charge in [-0.2, -0.15) is 17.0 Å². The summed E-state index contributed by atoms with van der Waals surface area (Å²) in [5.41, 5.74) is 1.67. The Morgan fingerprint density at radius 3 is 3.06 bits per heavy atom. The van der Waals surface area contributed by atoms with E-state index < -0.39 is 0 Å². The number of rotatable bonds is 4. The number of anilines is 1. The highest BCUT2D eigenvalue weighted by Crippen LogP contribution is 2.33. The maximum absolute atomic E-state index is 9.22. The van der Waals surface area contributed by atoms with Crippen LogP contribution < -0.4 is 5.32 Å². The van der Waals surface area contributed by atoms with E-state index in [-0.39, 0.29) is 0 Å². The summed E-state index contributed by atoms with van der Waals surface area (Å²) in [6, 6.07) is 8.65. The second kappa shape index (κ2) is 6.49. The van der Waals surface area contributed by atoms with Gasteiger partial charge in [-0.1, -0.05) is 19.4 Å². The zero-order chi connectivity index (χ0) is 13.0. The number of hydrogen-bond acceptors (Lipinski definition) is 3. The van der Waals surface area contributed by atoms with Crippen LogP contribution in [0, 0.1) is 11.3 Å². The first-order valence-electron chi connectivity index (χ1n) is 6.33. The van der Waals surface area contributed by atoms with Crippen molar-refractivity contribution in [1.29, 1.82) is 5.26 Å². The molecule has 1 N–H and O–H groups in total. The summed E-state index contributed by atoms with van der Waals surface area (Å²) >= 11 is 5.46. The van der Waals surface area contributed by atoms with Crippen molar-refractivity contribution >= 4 is 33.4 Å². The standard InChI is InChI=1S/C14H17BrN2S/c1-2-18-14-8-4-7-13(14)17-12-6-3-5-11(15)10(12)9-16/h3,5-6,13-14,17H,2,4,7-8H2,1H3. The maximum atomic E-state index is 9.22. The van der Waals surface area contributed by atoms with Crippen molar-refractivity contribution in [1.82, 2.24) is 0 Å². The van der Waals surface area contributed by atoms with Crippen LogP contribution in [0.2, 0.25) is 0 Å². The van der Waals surface area contributed by atoms with E-state index in [1.54, 1.807) is 0 Å². The van der Waals surface area contributed by atoms with Crippen LogP contribution in [0.15, 0.2) is 22.7 Å². The molecule has 1 aromatic carbocycles. The molecule has 0 spiro atoms. The minimum atomic E-state index is 0.497. The fourth-order valence-electron chi connectivity index (χ4n) is 2.46. The van der Waals surface area contributed by atoms with Gasteiger partial charge in [0.25, 0.3) is 0 Å². The summed E-state index contributed by atoms with van der Waals surface area (Å²) < 4.78 is 0.868. The molecule has 18 heavy (non-hydrogen) atoms. The lowest BCUT2D eigenvalue weighted by Gasteiger charge is -2.22. The number of thioether (sulfide) groups is 1. The summed E-state index contributed by atoms with van der Waals surface area (Å²) in [4.78, 5) is 0. The van der Waals surface area contributed by atoms with Gasteiger partial charge in [0.2, 0.25) is 0 Å². The molecular formula is C14H17BrN2S. The monoisotopic (exact) mass is 324 g/mol. The molecule has 1 aliphatic carbocycles. The molecule has 0 saturated heterocycles. The second-order valence-corrected chi connectivity index (χ2v) is 6.82. The molecule has 1 fully saturated rings. The number of nitriles is 1. The molecule has 2 atom stereocenters. The van der Waals surface area contributed by atoms with Crippen molar-refractivity contribution in [3.63, 3.8) is 0 Å². The van der Waals surface area contributed by atoms with E-state index in [0.29, 0.717) is 16.9 Å². The molecule has 1 aliphatic rings. The number of benzene rings is 1. The predicted molar refractivity (Wildman–Crippen MR) is 82.0 cm³/mol. The van der Waals surface area contributed by atoms with Crippen LogP contribution in [-0.4, -0.2) is 17.0 Å². The third kappa shape index (κ3) is 3.02. The van der Waals surface area contributed by atoms with E-state index in [2.05, 4.69) is 34.2 Å². The Kier molecular flexibility index (Phi) is 4.96. The average molecular weight is 325 g/mol. The smallest absolute Gasteiger partial charge is 0.103 e. The summed E-state index contributed by atoms with van der Waals surface area (Å²) in [5, 5.41) is 13.5. The topological polar surface area (TPSA) is 35.8 Å². The molecule has 2 nitrogen and oxygen atoms in total.